The summed E-state index contributed by atoms with van der Waals surface area (Å²) in [4.78, 5) is 38.4. The van der Waals surface area contributed by atoms with Crippen LogP contribution < -0.4 is 10.1 Å². The van der Waals surface area contributed by atoms with Gasteiger partial charge in [-0.05, 0) is 42.1 Å². The molecule has 1 aliphatic heterocycles. The summed E-state index contributed by atoms with van der Waals surface area (Å²) in [6.45, 7) is 0.151. The highest BCUT2D eigenvalue weighted by Crippen LogP contribution is 2.32. The van der Waals surface area contributed by atoms with Crippen molar-refractivity contribution in [3.8, 4) is 5.75 Å². The molecule has 1 aliphatic rings. The highest BCUT2D eigenvalue weighted by Gasteiger charge is 2.35. The van der Waals surface area contributed by atoms with Crippen molar-refractivity contribution < 1.29 is 27.9 Å². The number of halogens is 1. The van der Waals surface area contributed by atoms with Gasteiger partial charge in [0.05, 0.1) is 11.2 Å². The lowest BCUT2D eigenvalue weighted by Crippen LogP contribution is -2.37. The minimum atomic E-state index is -0.530. The van der Waals surface area contributed by atoms with E-state index in [0.29, 0.717) is 11.3 Å². The standard InChI is InChI=1S/C24H19FN2O5S/c25-19-9-5-4-6-16(19)14-20-23(29)27(24(30)33-20)12-11-26-22(28)21-17(10-13-31-21)15-32-18-7-2-1-3-8-18/h1-10,13-14H,11-12,15H2,(H,26,28)/b20-14-. The number of amides is 3. The van der Waals surface area contributed by atoms with E-state index in [1.807, 2.05) is 18.2 Å². The third-order valence-electron chi connectivity index (χ3n) is 4.78. The number of hydrogen-bond donors (Lipinski definition) is 1. The fourth-order valence-electron chi connectivity index (χ4n) is 3.11. The summed E-state index contributed by atoms with van der Waals surface area (Å²) in [5.41, 5.74) is 0.787. The number of furan rings is 1. The Bertz CT molecular complexity index is 1210. The molecule has 0 unspecified atom stereocenters. The number of imide groups is 1. The maximum absolute atomic E-state index is 13.8. The van der Waals surface area contributed by atoms with Gasteiger partial charge in [-0.25, -0.2) is 4.39 Å². The largest absolute Gasteiger partial charge is 0.489 e. The molecule has 0 atom stereocenters. The van der Waals surface area contributed by atoms with Gasteiger partial charge in [-0.15, -0.1) is 0 Å². The van der Waals surface area contributed by atoms with Crippen LogP contribution in [0, 0.1) is 5.82 Å². The van der Waals surface area contributed by atoms with Gasteiger partial charge in [0.15, 0.2) is 5.76 Å². The van der Waals surface area contributed by atoms with Gasteiger partial charge >= 0.3 is 0 Å². The molecule has 9 heteroatoms. The van der Waals surface area contributed by atoms with Gasteiger partial charge < -0.3 is 14.5 Å². The molecule has 0 radical (unpaired) electrons. The number of ether oxygens (including phenoxy) is 1. The fraction of sp³-hybridized carbons (Fsp3) is 0.125. The van der Waals surface area contributed by atoms with E-state index < -0.39 is 22.9 Å². The molecule has 168 valence electrons. The van der Waals surface area contributed by atoms with Gasteiger partial charge in [0.2, 0.25) is 0 Å². The third kappa shape index (κ3) is 5.32. The van der Waals surface area contributed by atoms with E-state index in [1.165, 1.54) is 24.5 Å². The average molecular weight is 466 g/mol. The molecule has 3 aromatic rings. The number of carbonyl (C=O) groups excluding carboxylic acids is 3. The quantitative estimate of drug-likeness (QED) is 0.493. The van der Waals surface area contributed by atoms with Crippen molar-refractivity contribution in [1.82, 2.24) is 10.2 Å². The van der Waals surface area contributed by atoms with Crippen LogP contribution >= 0.6 is 11.8 Å². The van der Waals surface area contributed by atoms with Crippen LogP contribution in [0.5, 0.6) is 5.75 Å². The molecule has 7 nitrogen and oxygen atoms in total. The molecule has 33 heavy (non-hydrogen) atoms. The topological polar surface area (TPSA) is 88.9 Å². The van der Waals surface area contributed by atoms with Crippen molar-refractivity contribution in [3.05, 3.63) is 94.5 Å². The highest BCUT2D eigenvalue weighted by atomic mass is 32.2. The zero-order valence-corrected chi connectivity index (χ0v) is 18.1. The van der Waals surface area contributed by atoms with E-state index >= 15 is 0 Å². The number of para-hydroxylation sites is 1. The maximum Gasteiger partial charge on any atom is 0.293 e. The van der Waals surface area contributed by atoms with Gasteiger partial charge in [0, 0.05) is 24.2 Å². The Morgan fingerprint density at radius 3 is 2.64 bits per heavy atom. The van der Waals surface area contributed by atoms with Crippen molar-refractivity contribution in [2.24, 2.45) is 0 Å². The van der Waals surface area contributed by atoms with E-state index in [1.54, 1.807) is 30.3 Å². The Labute approximate surface area is 193 Å². The normalized spacial score (nSPS) is 14.7. The number of nitrogens with zero attached hydrogens (tertiary/aromatic N) is 1. The van der Waals surface area contributed by atoms with Gasteiger partial charge in [0.25, 0.3) is 17.1 Å². The predicted molar refractivity (Wildman–Crippen MR) is 121 cm³/mol. The number of rotatable bonds is 8. The molecule has 1 saturated heterocycles. The summed E-state index contributed by atoms with van der Waals surface area (Å²) in [5, 5.41) is 2.16. The molecule has 0 bridgehead atoms. The van der Waals surface area contributed by atoms with E-state index in [-0.39, 0.29) is 35.9 Å². The molecule has 2 aromatic carbocycles. The first kappa shape index (κ1) is 22.3. The fourth-order valence-corrected chi connectivity index (χ4v) is 3.97. The minimum absolute atomic E-state index is 0.0262. The molecule has 0 spiro atoms. The Balaban J connectivity index is 1.32. The summed E-state index contributed by atoms with van der Waals surface area (Å²) < 4.78 is 24.8. The zero-order valence-electron chi connectivity index (χ0n) is 17.3. The van der Waals surface area contributed by atoms with Gasteiger partial charge in [0.1, 0.15) is 18.2 Å². The molecule has 1 fully saturated rings. The molecule has 4 rings (SSSR count). The van der Waals surface area contributed by atoms with E-state index in [0.717, 1.165) is 16.7 Å². The lowest BCUT2D eigenvalue weighted by atomic mass is 10.2. The lowest BCUT2D eigenvalue weighted by Gasteiger charge is -2.13. The monoisotopic (exact) mass is 466 g/mol. The van der Waals surface area contributed by atoms with Gasteiger partial charge in [-0.2, -0.15) is 0 Å². The van der Waals surface area contributed by atoms with Gasteiger partial charge in [-0.3, -0.25) is 19.3 Å². The van der Waals surface area contributed by atoms with E-state index in [2.05, 4.69) is 5.32 Å². The Morgan fingerprint density at radius 2 is 1.85 bits per heavy atom. The first-order valence-electron chi connectivity index (χ1n) is 10.1. The number of benzene rings is 2. The number of carbonyl (C=O) groups is 3. The summed E-state index contributed by atoms with van der Waals surface area (Å²) in [5.74, 6) is -0.743. The van der Waals surface area contributed by atoms with E-state index in [9.17, 15) is 18.8 Å². The second kappa shape index (κ2) is 10.2. The number of thioether (sulfide) groups is 1. The molecular weight excluding hydrogens is 447 g/mol. The van der Waals surface area contributed by atoms with Crippen molar-refractivity contribution in [2.45, 2.75) is 6.61 Å². The molecule has 2 heterocycles. The highest BCUT2D eigenvalue weighted by molar-refractivity contribution is 8.18. The molecule has 1 aromatic heterocycles. The van der Waals surface area contributed by atoms with Gasteiger partial charge in [-0.1, -0.05) is 36.4 Å². The smallest absolute Gasteiger partial charge is 0.293 e. The SMILES string of the molecule is O=C(NCCN1C(=O)S/C(=C\c2ccccc2F)C1=O)c1occc1COc1ccccc1. The summed E-state index contributed by atoms with van der Waals surface area (Å²) in [7, 11) is 0. The van der Waals surface area contributed by atoms with Crippen molar-refractivity contribution in [1.29, 1.82) is 0 Å². The molecule has 0 aliphatic carbocycles. The Hall–Kier alpha value is -3.85. The summed E-state index contributed by atoms with van der Waals surface area (Å²) in [6.07, 6.45) is 2.74. The second-order valence-electron chi connectivity index (χ2n) is 6.99. The van der Waals surface area contributed by atoms with Crippen LogP contribution in [-0.4, -0.2) is 35.0 Å². The first-order chi connectivity index (χ1) is 16.0. The van der Waals surface area contributed by atoms with Crippen LogP contribution in [0.15, 0.2) is 76.2 Å². The minimum Gasteiger partial charge on any atom is -0.489 e. The Morgan fingerprint density at radius 1 is 1.09 bits per heavy atom. The second-order valence-corrected chi connectivity index (χ2v) is 7.98. The van der Waals surface area contributed by atoms with Crippen molar-refractivity contribution in [2.75, 3.05) is 13.1 Å². The van der Waals surface area contributed by atoms with Crippen molar-refractivity contribution in [3.63, 3.8) is 0 Å². The summed E-state index contributed by atoms with van der Waals surface area (Å²) >= 11 is 0.733. The predicted octanol–water partition coefficient (Wildman–Crippen LogP) is 4.46. The van der Waals surface area contributed by atoms with Crippen LogP contribution in [0.1, 0.15) is 21.7 Å². The van der Waals surface area contributed by atoms with E-state index in [4.69, 9.17) is 9.15 Å². The molecular formula is C24H19FN2O5S. The number of nitrogens with one attached hydrogen (secondary N) is 1. The summed E-state index contributed by atoms with van der Waals surface area (Å²) in [6, 6.07) is 16.8. The van der Waals surface area contributed by atoms with Crippen LogP contribution in [0.3, 0.4) is 0 Å². The lowest BCUT2D eigenvalue weighted by molar-refractivity contribution is -0.122. The third-order valence-corrected chi connectivity index (χ3v) is 5.68. The van der Waals surface area contributed by atoms with Crippen LogP contribution in [0.4, 0.5) is 9.18 Å². The first-order valence-corrected chi connectivity index (χ1v) is 10.9. The molecule has 1 N–H and O–H groups in total. The Kier molecular flexibility index (Phi) is 6.89. The zero-order chi connectivity index (χ0) is 23.2. The van der Waals surface area contributed by atoms with Crippen LogP contribution in [0.2, 0.25) is 0 Å². The maximum atomic E-state index is 13.8. The van der Waals surface area contributed by atoms with Crippen LogP contribution in [-0.2, 0) is 11.4 Å². The number of hydrogen-bond acceptors (Lipinski definition) is 6. The average Bonchev–Trinajstić information content (AvgIpc) is 3.40. The molecule has 3 amide bonds. The van der Waals surface area contributed by atoms with Crippen LogP contribution in [0.25, 0.3) is 6.08 Å². The molecule has 0 saturated carbocycles. The van der Waals surface area contributed by atoms with Crippen molar-refractivity contribution >= 4 is 34.9 Å².